The van der Waals surface area contributed by atoms with Gasteiger partial charge in [0.05, 0.1) is 7.11 Å². The van der Waals surface area contributed by atoms with Crippen LogP contribution in [0, 0.1) is 6.92 Å². The second-order valence-electron chi connectivity index (χ2n) is 5.10. The first-order chi connectivity index (χ1) is 10.4. The van der Waals surface area contributed by atoms with Gasteiger partial charge < -0.3 is 14.1 Å². The number of ether oxygens (including phenoxy) is 1. The Kier molecular flexibility index (Phi) is 5.08. The molecule has 0 unspecified atom stereocenters. The van der Waals surface area contributed by atoms with E-state index in [1.165, 1.54) is 12.0 Å². The van der Waals surface area contributed by atoms with E-state index in [4.69, 9.17) is 16.0 Å². The van der Waals surface area contributed by atoms with Gasteiger partial charge in [0.15, 0.2) is 5.76 Å². The number of aryl methyl sites for hydroxylation is 1. The average molecular weight is 324 g/mol. The third kappa shape index (κ3) is 3.42. The molecule has 1 amide bonds. The lowest BCUT2D eigenvalue weighted by molar-refractivity contribution is -0.140. The van der Waals surface area contributed by atoms with Crippen molar-refractivity contribution in [2.24, 2.45) is 0 Å². The van der Waals surface area contributed by atoms with Crippen molar-refractivity contribution in [3.05, 3.63) is 34.5 Å². The van der Waals surface area contributed by atoms with Crippen molar-refractivity contribution in [1.29, 1.82) is 0 Å². The number of carbonyl (C=O) groups excluding carboxylic acids is 2. The number of hydrogen-bond donors (Lipinski definition) is 0. The van der Waals surface area contributed by atoms with Gasteiger partial charge in [-0.15, -0.1) is 0 Å². The number of fused-ring (bicyclic) bond motifs is 1. The van der Waals surface area contributed by atoms with Crippen molar-refractivity contribution in [1.82, 2.24) is 4.90 Å². The lowest BCUT2D eigenvalue weighted by Gasteiger charge is -2.15. The fraction of sp³-hybridized carbons (Fsp3) is 0.375. The van der Waals surface area contributed by atoms with Crippen LogP contribution in [0.3, 0.4) is 0 Å². The van der Waals surface area contributed by atoms with E-state index < -0.39 is 0 Å². The van der Waals surface area contributed by atoms with Crippen LogP contribution in [0.15, 0.2) is 22.6 Å². The van der Waals surface area contributed by atoms with E-state index in [1.807, 2.05) is 6.92 Å². The maximum Gasteiger partial charge on any atom is 0.305 e. The molecule has 0 radical (unpaired) electrons. The summed E-state index contributed by atoms with van der Waals surface area (Å²) in [5, 5.41) is 1.43. The van der Waals surface area contributed by atoms with Gasteiger partial charge in [-0.1, -0.05) is 11.6 Å². The number of halogens is 1. The van der Waals surface area contributed by atoms with E-state index >= 15 is 0 Å². The summed E-state index contributed by atoms with van der Waals surface area (Å²) in [5.74, 6) is -0.192. The quantitative estimate of drug-likeness (QED) is 0.791. The number of hydrogen-bond acceptors (Lipinski definition) is 4. The summed E-state index contributed by atoms with van der Waals surface area (Å²) >= 11 is 5.97. The predicted molar refractivity (Wildman–Crippen MR) is 84.2 cm³/mol. The van der Waals surface area contributed by atoms with Crippen LogP contribution in [-0.4, -0.2) is 37.5 Å². The topological polar surface area (TPSA) is 59.8 Å². The number of amides is 1. The molecule has 6 heteroatoms. The van der Waals surface area contributed by atoms with E-state index in [0.29, 0.717) is 29.3 Å². The third-order valence-corrected chi connectivity index (χ3v) is 3.78. The summed E-state index contributed by atoms with van der Waals surface area (Å²) in [5.41, 5.74) is 1.40. The molecule has 0 spiro atoms. The molecule has 0 aliphatic rings. The minimum absolute atomic E-state index is 0.213. The smallest absolute Gasteiger partial charge is 0.305 e. The zero-order valence-electron chi connectivity index (χ0n) is 12.8. The Bertz CT molecular complexity index is 707. The minimum Gasteiger partial charge on any atom is -0.469 e. The Morgan fingerprint density at radius 2 is 2.09 bits per heavy atom. The second-order valence-corrected chi connectivity index (χ2v) is 5.54. The molecule has 2 aromatic rings. The maximum atomic E-state index is 12.4. The highest BCUT2D eigenvalue weighted by atomic mass is 35.5. The predicted octanol–water partition coefficient (Wildman–Crippen LogP) is 3.42. The van der Waals surface area contributed by atoms with Crippen LogP contribution in [0.25, 0.3) is 11.0 Å². The summed E-state index contributed by atoms with van der Waals surface area (Å²) in [6.07, 6.45) is 0.822. The molecule has 1 heterocycles. The fourth-order valence-corrected chi connectivity index (χ4v) is 2.41. The molecule has 2 rings (SSSR count). The van der Waals surface area contributed by atoms with Crippen molar-refractivity contribution in [2.75, 3.05) is 20.7 Å². The van der Waals surface area contributed by atoms with Crippen LogP contribution in [0.4, 0.5) is 0 Å². The van der Waals surface area contributed by atoms with Crippen molar-refractivity contribution in [3.8, 4) is 0 Å². The van der Waals surface area contributed by atoms with Gasteiger partial charge in [-0.3, -0.25) is 9.59 Å². The molecule has 0 saturated heterocycles. The average Bonchev–Trinajstić information content (AvgIpc) is 2.83. The van der Waals surface area contributed by atoms with E-state index in [0.717, 1.165) is 10.9 Å². The summed E-state index contributed by atoms with van der Waals surface area (Å²) in [4.78, 5) is 25.1. The fourth-order valence-electron chi connectivity index (χ4n) is 2.23. The van der Waals surface area contributed by atoms with Crippen molar-refractivity contribution < 1.29 is 18.7 Å². The van der Waals surface area contributed by atoms with Gasteiger partial charge in [0.25, 0.3) is 5.91 Å². The zero-order chi connectivity index (χ0) is 16.3. The summed E-state index contributed by atoms with van der Waals surface area (Å²) in [7, 11) is 3.03. The molecule has 0 aliphatic heterocycles. The largest absolute Gasteiger partial charge is 0.469 e. The number of benzene rings is 1. The SMILES string of the molecule is COC(=O)CCCN(C)C(=O)c1oc2ccc(Cl)cc2c1C. The first kappa shape index (κ1) is 16.4. The molecule has 1 aromatic heterocycles. The number of methoxy groups -OCH3 is 1. The third-order valence-electron chi connectivity index (χ3n) is 3.54. The van der Waals surface area contributed by atoms with Gasteiger partial charge >= 0.3 is 5.97 Å². The molecule has 118 valence electrons. The van der Waals surface area contributed by atoms with Crippen molar-refractivity contribution >= 4 is 34.4 Å². The molecule has 0 fully saturated rings. The minimum atomic E-state index is -0.282. The second kappa shape index (κ2) is 6.83. The molecule has 22 heavy (non-hydrogen) atoms. The Hall–Kier alpha value is -2.01. The van der Waals surface area contributed by atoms with E-state index in [-0.39, 0.29) is 18.3 Å². The van der Waals surface area contributed by atoms with Gasteiger partial charge in [-0.25, -0.2) is 0 Å². The number of carbonyl (C=O) groups is 2. The van der Waals surface area contributed by atoms with E-state index in [1.54, 1.807) is 25.2 Å². The molecule has 5 nitrogen and oxygen atoms in total. The van der Waals surface area contributed by atoms with E-state index in [9.17, 15) is 9.59 Å². The van der Waals surface area contributed by atoms with E-state index in [2.05, 4.69) is 4.74 Å². The number of esters is 1. The van der Waals surface area contributed by atoms with Crippen LogP contribution in [-0.2, 0) is 9.53 Å². The summed E-state index contributed by atoms with van der Waals surface area (Å²) in [6.45, 7) is 2.28. The normalized spacial score (nSPS) is 10.7. The highest BCUT2D eigenvalue weighted by Crippen LogP contribution is 2.28. The number of rotatable bonds is 5. The molecule has 0 saturated carbocycles. The molecular formula is C16H18ClNO4. The van der Waals surface area contributed by atoms with Crippen LogP contribution >= 0.6 is 11.6 Å². The monoisotopic (exact) mass is 323 g/mol. The lowest BCUT2D eigenvalue weighted by Crippen LogP contribution is -2.28. The van der Waals surface area contributed by atoms with Crippen LogP contribution in [0.5, 0.6) is 0 Å². The maximum absolute atomic E-state index is 12.4. The highest BCUT2D eigenvalue weighted by Gasteiger charge is 2.21. The Morgan fingerprint density at radius 1 is 1.36 bits per heavy atom. The molecule has 0 aliphatic carbocycles. The van der Waals surface area contributed by atoms with Gasteiger partial charge in [-0.2, -0.15) is 0 Å². The molecule has 0 bridgehead atoms. The van der Waals surface area contributed by atoms with Crippen LogP contribution < -0.4 is 0 Å². The first-order valence-corrected chi connectivity index (χ1v) is 7.32. The zero-order valence-corrected chi connectivity index (χ0v) is 13.6. The van der Waals surface area contributed by atoms with Gasteiger partial charge in [0, 0.05) is 36.0 Å². The summed E-state index contributed by atoms with van der Waals surface area (Å²) < 4.78 is 10.2. The molecular weight excluding hydrogens is 306 g/mol. The van der Waals surface area contributed by atoms with Crippen LogP contribution in [0.1, 0.15) is 29.0 Å². The number of nitrogens with zero attached hydrogens (tertiary/aromatic N) is 1. The van der Waals surface area contributed by atoms with Crippen molar-refractivity contribution in [2.45, 2.75) is 19.8 Å². The standard InChI is InChI=1S/C16H18ClNO4/c1-10-12-9-11(17)6-7-13(12)22-15(10)16(20)18(2)8-4-5-14(19)21-3/h6-7,9H,4-5,8H2,1-3H3. The number of furan rings is 1. The Labute approximate surface area is 133 Å². The molecule has 0 N–H and O–H groups in total. The first-order valence-electron chi connectivity index (χ1n) is 6.95. The Balaban J connectivity index is 2.12. The van der Waals surface area contributed by atoms with Crippen LogP contribution in [0.2, 0.25) is 5.02 Å². The highest BCUT2D eigenvalue weighted by molar-refractivity contribution is 6.31. The molecule has 1 aromatic carbocycles. The summed E-state index contributed by atoms with van der Waals surface area (Å²) in [6, 6.07) is 5.25. The molecule has 0 atom stereocenters. The van der Waals surface area contributed by atoms with Gasteiger partial charge in [0.2, 0.25) is 0 Å². The Morgan fingerprint density at radius 3 is 2.77 bits per heavy atom. The lowest BCUT2D eigenvalue weighted by atomic mass is 10.1. The van der Waals surface area contributed by atoms with Gasteiger partial charge in [-0.05, 0) is 31.5 Å². The van der Waals surface area contributed by atoms with Gasteiger partial charge in [0.1, 0.15) is 5.58 Å². The van der Waals surface area contributed by atoms with Crippen molar-refractivity contribution in [3.63, 3.8) is 0 Å².